The molecule has 94 valence electrons. The lowest BCUT2D eigenvalue weighted by atomic mass is 10.2. The van der Waals surface area contributed by atoms with Gasteiger partial charge >= 0.3 is 0 Å². The van der Waals surface area contributed by atoms with Crippen molar-refractivity contribution in [3.8, 4) is 0 Å². The predicted octanol–water partition coefficient (Wildman–Crippen LogP) is 2.28. The van der Waals surface area contributed by atoms with Crippen molar-refractivity contribution in [3.63, 3.8) is 0 Å². The molecule has 0 radical (unpaired) electrons. The Morgan fingerprint density at radius 3 is 2.76 bits per heavy atom. The molecule has 1 rings (SSSR count). The van der Waals surface area contributed by atoms with Crippen LogP contribution in [-0.2, 0) is 0 Å². The number of rotatable bonds is 5. The van der Waals surface area contributed by atoms with E-state index in [4.69, 9.17) is 0 Å². The number of carbonyl (C=O) groups excluding carboxylic acids is 1. The summed E-state index contributed by atoms with van der Waals surface area (Å²) < 4.78 is 0. The summed E-state index contributed by atoms with van der Waals surface area (Å²) >= 11 is 1.54. The summed E-state index contributed by atoms with van der Waals surface area (Å²) in [6.45, 7) is 8.70. The molecule has 4 nitrogen and oxygen atoms in total. The van der Waals surface area contributed by atoms with Gasteiger partial charge in [-0.1, -0.05) is 32.5 Å². The maximum Gasteiger partial charge on any atom is 0.270 e. The van der Waals surface area contributed by atoms with E-state index in [-0.39, 0.29) is 5.91 Å². The standard InChI is InChI=1S/C12H19N3OS/c1-5-17-12-14-9(4)6-10(15-12)11(16)13-7-8(2)3/h6,8H,5,7H2,1-4H3,(H,13,16). The van der Waals surface area contributed by atoms with Gasteiger partial charge in [-0.05, 0) is 24.7 Å². The van der Waals surface area contributed by atoms with Gasteiger partial charge in [0.25, 0.3) is 5.91 Å². The summed E-state index contributed by atoms with van der Waals surface area (Å²) in [7, 11) is 0. The lowest BCUT2D eigenvalue weighted by Gasteiger charge is -2.08. The van der Waals surface area contributed by atoms with Gasteiger partial charge in [-0.15, -0.1) is 0 Å². The third kappa shape index (κ3) is 4.73. The van der Waals surface area contributed by atoms with Crippen LogP contribution in [0.15, 0.2) is 11.2 Å². The maximum atomic E-state index is 11.8. The minimum atomic E-state index is -0.123. The Kier molecular flexibility index (Phi) is 5.41. The molecule has 0 saturated heterocycles. The molecule has 1 aromatic heterocycles. The zero-order chi connectivity index (χ0) is 12.8. The molecule has 5 heteroatoms. The number of nitrogens with one attached hydrogen (secondary N) is 1. The summed E-state index contributed by atoms with van der Waals surface area (Å²) in [6, 6.07) is 1.72. The Morgan fingerprint density at radius 2 is 2.18 bits per heavy atom. The molecule has 0 aromatic carbocycles. The number of amides is 1. The Hall–Kier alpha value is -1.10. The molecule has 0 atom stereocenters. The highest BCUT2D eigenvalue weighted by Gasteiger charge is 2.10. The number of carbonyl (C=O) groups is 1. The molecule has 0 aliphatic heterocycles. The molecular weight excluding hydrogens is 234 g/mol. The van der Waals surface area contributed by atoms with Crippen molar-refractivity contribution in [1.82, 2.24) is 15.3 Å². The van der Waals surface area contributed by atoms with Crippen molar-refractivity contribution in [3.05, 3.63) is 17.5 Å². The van der Waals surface area contributed by atoms with Gasteiger partial charge in [0.2, 0.25) is 0 Å². The molecule has 0 saturated carbocycles. The Labute approximate surface area is 107 Å². The summed E-state index contributed by atoms with van der Waals surface area (Å²) in [5.41, 5.74) is 1.28. The van der Waals surface area contributed by atoms with E-state index in [1.165, 1.54) is 0 Å². The van der Waals surface area contributed by atoms with Crippen LogP contribution < -0.4 is 5.32 Å². The maximum absolute atomic E-state index is 11.8. The first-order valence-electron chi connectivity index (χ1n) is 5.79. The van der Waals surface area contributed by atoms with Gasteiger partial charge in [-0.3, -0.25) is 4.79 Å². The van der Waals surface area contributed by atoms with Crippen molar-refractivity contribution >= 4 is 17.7 Å². The highest BCUT2D eigenvalue weighted by atomic mass is 32.2. The number of nitrogens with zero attached hydrogens (tertiary/aromatic N) is 2. The highest BCUT2D eigenvalue weighted by Crippen LogP contribution is 2.13. The third-order valence-corrected chi connectivity index (χ3v) is 2.74. The molecule has 1 aromatic rings. The van der Waals surface area contributed by atoms with Crippen molar-refractivity contribution in [2.24, 2.45) is 5.92 Å². The van der Waals surface area contributed by atoms with Crippen LogP contribution in [0.2, 0.25) is 0 Å². The largest absolute Gasteiger partial charge is 0.350 e. The molecule has 1 amide bonds. The van der Waals surface area contributed by atoms with E-state index in [1.54, 1.807) is 17.8 Å². The number of thioether (sulfide) groups is 1. The van der Waals surface area contributed by atoms with Crippen molar-refractivity contribution in [2.75, 3.05) is 12.3 Å². The van der Waals surface area contributed by atoms with Gasteiger partial charge in [-0.2, -0.15) is 0 Å². The number of aryl methyl sites for hydroxylation is 1. The fourth-order valence-corrected chi connectivity index (χ4v) is 1.87. The zero-order valence-corrected chi connectivity index (χ0v) is 11.6. The first-order valence-corrected chi connectivity index (χ1v) is 6.78. The van der Waals surface area contributed by atoms with Gasteiger partial charge in [0.1, 0.15) is 5.69 Å². The second-order valence-corrected chi connectivity index (χ2v) is 5.45. The van der Waals surface area contributed by atoms with Crippen LogP contribution in [0, 0.1) is 12.8 Å². The van der Waals surface area contributed by atoms with Crippen molar-refractivity contribution < 1.29 is 4.79 Å². The van der Waals surface area contributed by atoms with Gasteiger partial charge < -0.3 is 5.32 Å². The van der Waals surface area contributed by atoms with E-state index >= 15 is 0 Å². The zero-order valence-electron chi connectivity index (χ0n) is 10.8. The fraction of sp³-hybridized carbons (Fsp3) is 0.583. The molecule has 0 aliphatic rings. The van der Waals surface area contributed by atoms with E-state index in [0.29, 0.717) is 23.3 Å². The molecule has 0 aliphatic carbocycles. The SMILES string of the molecule is CCSc1nc(C)cc(C(=O)NCC(C)C)n1. The second-order valence-electron chi connectivity index (χ2n) is 4.21. The van der Waals surface area contributed by atoms with Crippen molar-refractivity contribution in [2.45, 2.75) is 32.9 Å². The number of hydrogen-bond acceptors (Lipinski definition) is 4. The van der Waals surface area contributed by atoms with Crippen LogP contribution in [0.1, 0.15) is 37.0 Å². The molecule has 17 heavy (non-hydrogen) atoms. The summed E-state index contributed by atoms with van der Waals surface area (Å²) in [6.07, 6.45) is 0. The summed E-state index contributed by atoms with van der Waals surface area (Å²) in [5.74, 6) is 1.21. The lowest BCUT2D eigenvalue weighted by molar-refractivity contribution is 0.0943. The van der Waals surface area contributed by atoms with Crippen molar-refractivity contribution in [1.29, 1.82) is 0 Å². The van der Waals surface area contributed by atoms with Crippen LogP contribution in [0.3, 0.4) is 0 Å². The first-order chi connectivity index (χ1) is 8.02. The Bertz CT molecular complexity index is 393. The number of aromatic nitrogens is 2. The average Bonchev–Trinajstić information content (AvgIpc) is 2.25. The van der Waals surface area contributed by atoms with Gasteiger partial charge in [0.15, 0.2) is 5.16 Å². The predicted molar refractivity (Wildman–Crippen MR) is 70.3 cm³/mol. The van der Waals surface area contributed by atoms with Crippen LogP contribution >= 0.6 is 11.8 Å². The summed E-state index contributed by atoms with van der Waals surface area (Å²) in [5, 5.41) is 3.53. The lowest BCUT2D eigenvalue weighted by Crippen LogP contribution is -2.28. The van der Waals surface area contributed by atoms with Gasteiger partial charge in [0, 0.05) is 12.2 Å². The smallest absolute Gasteiger partial charge is 0.270 e. The van der Waals surface area contributed by atoms with Crippen LogP contribution in [0.5, 0.6) is 0 Å². The van der Waals surface area contributed by atoms with E-state index in [9.17, 15) is 4.79 Å². The molecular formula is C12H19N3OS. The second kappa shape index (κ2) is 6.59. The Morgan fingerprint density at radius 1 is 1.47 bits per heavy atom. The van der Waals surface area contributed by atoms with Crippen LogP contribution in [0.4, 0.5) is 0 Å². The van der Waals surface area contributed by atoms with Crippen LogP contribution in [0.25, 0.3) is 0 Å². The van der Waals surface area contributed by atoms with E-state index < -0.39 is 0 Å². The highest BCUT2D eigenvalue weighted by molar-refractivity contribution is 7.99. The molecule has 0 spiro atoms. The van der Waals surface area contributed by atoms with Gasteiger partial charge in [0.05, 0.1) is 0 Å². The third-order valence-electron chi connectivity index (χ3n) is 2.01. The minimum Gasteiger partial charge on any atom is -0.350 e. The molecule has 0 unspecified atom stereocenters. The van der Waals surface area contributed by atoms with E-state index in [1.807, 2.05) is 13.8 Å². The molecule has 0 bridgehead atoms. The monoisotopic (exact) mass is 253 g/mol. The molecule has 1 N–H and O–H groups in total. The summed E-state index contributed by atoms with van der Waals surface area (Å²) in [4.78, 5) is 20.4. The van der Waals surface area contributed by atoms with E-state index in [2.05, 4.69) is 29.1 Å². The fourth-order valence-electron chi connectivity index (χ4n) is 1.24. The first kappa shape index (κ1) is 14.0. The van der Waals surface area contributed by atoms with Crippen LogP contribution in [-0.4, -0.2) is 28.2 Å². The normalized spacial score (nSPS) is 10.6. The topological polar surface area (TPSA) is 54.9 Å². The molecule has 1 heterocycles. The minimum absolute atomic E-state index is 0.123. The Balaban J connectivity index is 2.78. The van der Waals surface area contributed by atoms with Gasteiger partial charge in [-0.25, -0.2) is 9.97 Å². The average molecular weight is 253 g/mol. The quantitative estimate of drug-likeness (QED) is 0.646. The number of hydrogen-bond donors (Lipinski definition) is 1. The molecule has 0 fully saturated rings. The van der Waals surface area contributed by atoms with E-state index in [0.717, 1.165) is 11.4 Å².